The van der Waals surface area contributed by atoms with Gasteiger partial charge >= 0.3 is 0 Å². The second-order valence-electron chi connectivity index (χ2n) is 4.69. The van der Waals surface area contributed by atoms with Crippen molar-refractivity contribution in [3.05, 3.63) is 56.5 Å². The standard InChI is InChI=1S/C14H12Br2N4O/c15-9-5-7(6-10(16)13(9)21)12-8-3-1-2-4-11(8)20(12)19-14(17)18/h1-6,12,21H,(H4,17,18,19). The van der Waals surface area contributed by atoms with Crippen molar-refractivity contribution in [1.29, 1.82) is 5.41 Å². The van der Waals surface area contributed by atoms with Crippen molar-refractivity contribution in [2.75, 3.05) is 5.01 Å². The molecule has 1 unspecified atom stereocenters. The Kier molecular flexibility index (Phi) is 3.54. The number of nitrogens with one attached hydrogen (secondary N) is 2. The van der Waals surface area contributed by atoms with Crippen molar-refractivity contribution in [1.82, 2.24) is 5.43 Å². The van der Waals surface area contributed by atoms with E-state index in [2.05, 4.69) is 37.3 Å². The number of hydrazine groups is 1. The second-order valence-corrected chi connectivity index (χ2v) is 6.40. The van der Waals surface area contributed by atoms with Crippen LogP contribution in [-0.2, 0) is 0 Å². The molecule has 0 aliphatic carbocycles. The van der Waals surface area contributed by atoms with Crippen molar-refractivity contribution < 1.29 is 5.11 Å². The Balaban J connectivity index is 2.06. The quantitative estimate of drug-likeness (QED) is 0.451. The van der Waals surface area contributed by atoms with E-state index in [1.165, 1.54) is 0 Å². The molecular formula is C14H12Br2N4O. The summed E-state index contributed by atoms with van der Waals surface area (Å²) in [5, 5.41) is 19.1. The third-order valence-electron chi connectivity index (χ3n) is 3.34. The van der Waals surface area contributed by atoms with Gasteiger partial charge in [0.2, 0.25) is 5.96 Å². The number of hydrogen-bond donors (Lipinski definition) is 4. The summed E-state index contributed by atoms with van der Waals surface area (Å²) < 4.78 is 1.22. The first-order valence-electron chi connectivity index (χ1n) is 6.16. The van der Waals surface area contributed by atoms with Crippen molar-refractivity contribution >= 4 is 43.5 Å². The monoisotopic (exact) mass is 410 g/mol. The number of hydrogen-bond acceptors (Lipinski definition) is 3. The minimum Gasteiger partial charge on any atom is -0.506 e. The Bertz CT molecular complexity index is 712. The van der Waals surface area contributed by atoms with E-state index in [0.29, 0.717) is 8.95 Å². The maximum absolute atomic E-state index is 9.83. The van der Waals surface area contributed by atoms with Crippen molar-refractivity contribution in [2.45, 2.75) is 6.04 Å². The van der Waals surface area contributed by atoms with Crippen LogP contribution < -0.4 is 16.2 Å². The summed E-state index contributed by atoms with van der Waals surface area (Å²) in [6.45, 7) is 0. The highest BCUT2D eigenvalue weighted by molar-refractivity contribution is 9.11. The topological polar surface area (TPSA) is 85.4 Å². The van der Waals surface area contributed by atoms with Crippen molar-refractivity contribution in [3.63, 3.8) is 0 Å². The first kappa shape index (κ1) is 14.2. The van der Waals surface area contributed by atoms with Gasteiger partial charge in [-0.05, 0) is 55.6 Å². The Morgan fingerprint density at radius 1 is 1.24 bits per heavy atom. The van der Waals surface area contributed by atoms with E-state index in [1.807, 2.05) is 41.4 Å². The maximum Gasteiger partial charge on any atom is 0.205 e. The molecule has 0 fully saturated rings. The van der Waals surface area contributed by atoms with Gasteiger partial charge in [0.05, 0.1) is 14.6 Å². The Labute approximate surface area is 138 Å². The number of fused-ring (bicyclic) bond motifs is 1. The number of nitrogens with two attached hydrogens (primary N) is 1. The number of para-hydroxylation sites is 1. The molecule has 2 aromatic rings. The zero-order valence-electron chi connectivity index (χ0n) is 10.8. The number of anilines is 1. The molecule has 1 aliphatic heterocycles. The van der Waals surface area contributed by atoms with Crippen LogP contribution in [0.4, 0.5) is 5.69 Å². The fourth-order valence-corrected chi connectivity index (χ4v) is 3.70. The lowest BCUT2D eigenvalue weighted by Crippen LogP contribution is -2.53. The van der Waals surface area contributed by atoms with E-state index in [-0.39, 0.29) is 17.8 Å². The van der Waals surface area contributed by atoms with E-state index in [1.54, 1.807) is 0 Å². The molecule has 0 amide bonds. The summed E-state index contributed by atoms with van der Waals surface area (Å²) in [6.07, 6.45) is 0. The van der Waals surface area contributed by atoms with Gasteiger partial charge in [0.1, 0.15) is 11.8 Å². The van der Waals surface area contributed by atoms with Crippen LogP contribution in [0.15, 0.2) is 45.3 Å². The average molecular weight is 412 g/mol. The van der Waals surface area contributed by atoms with Crippen LogP contribution in [-0.4, -0.2) is 11.1 Å². The van der Waals surface area contributed by atoms with Crippen LogP contribution in [0, 0.1) is 5.41 Å². The predicted molar refractivity (Wildman–Crippen MR) is 89.3 cm³/mol. The fourth-order valence-electron chi connectivity index (χ4n) is 2.48. The largest absolute Gasteiger partial charge is 0.506 e. The molecule has 1 atom stereocenters. The van der Waals surface area contributed by atoms with Gasteiger partial charge in [-0.15, -0.1) is 0 Å². The van der Waals surface area contributed by atoms with E-state index in [9.17, 15) is 5.11 Å². The number of benzene rings is 2. The van der Waals surface area contributed by atoms with Gasteiger partial charge in [0, 0.05) is 5.56 Å². The molecule has 108 valence electrons. The van der Waals surface area contributed by atoms with Crippen molar-refractivity contribution in [3.8, 4) is 5.75 Å². The number of phenols is 1. The fraction of sp³-hybridized carbons (Fsp3) is 0.0714. The third-order valence-corrected chi connectivity index (χ3v) is 4.55. The molecular weight excluding hydrogens is 400 g/mol. The van der Waals surface area contributed by atoms with Gasteiger partial charge < -0.3 is 10.8 Å². The Hall–Kier alpha value is -1.73. The summed E-state index contributed by atoms with van der Waals surface area (Å²) in [5.41, 5.74) is 11.4. The van der Waals surface area contributed by atoms with E-state index >= 15 is 0 Å². The number of guanidine groups is 1. The van der Waals surface area contributed by atoms with Gasteiger partial charge in [-0.2, -0.15) is 0 Å². The lowest BCUT2D eigenvalue weighted by molar-refractivity contribution is 0.467. The number of aromatic hydroxyl groups is 1. The van der Waals surface area contributed by atoms with E-state index in [4.69, 9.17) is 11.1 Å². The van der Waals surface area contributed by atoms with E-state index in [0.717, 1.165) is 16.8 Å². The molecule has 5 nitrogen and oxygen atoms in total. The summed E-state index contributed by atoms with van der Waals surface area (Å²) >= 11 is 6.69. The number of phenolic OH excluding ortho intramolecular Hbond substituents is 1. The molecule has 0 radical (unpaired) electrons. The molecule has 0 saturated heterocycles. The smallest absolute Gasteiger partial charge is 0.205 e. The van der Waals surface area contributed by atoms with Gasteiger partial charge in [-0.3, -0.25) is 15.8 Å². The molecule has 0 saturated carbocycles. The summed E-state index contributed by atoms with van der Waals surface area (Å²) in [7, 11) is 0. The first-order chi connectivity index (χ1) is 9.99. The van der Waals surface area contributed by atoms with Gasteiger partial charge in [-0.25, -0.2) is 0 Å². The van der Waals surface area contributed by atoms with Gasteiger partial charge in [0.15, 0.2) is 0 Å². The average Bonchev–Trinajstić information content (AvgIpc) is 2.42. The van der Waals surface area contributed by atoms with Crippen LogP contribution >= 0.6 is 31.9 Å². The molecule has 21 heavy (non-hydrogen) atoms. The molecule has 0 bridgehead atoms. The molecule has 1 heterocycles. The molecule has 2 aromatic carbocycles. The third kappa shape index (κ3) is 2.36. The molecule has 3 rings (SSSR count). The number of nitrogens with zero attached hydrogens (tertiary/aromatic N) is 1. The minimum atomic E-state index is -0.119. The minimum absolute atomic E-state index is 0.0710. The van der Waals surface area contributed by atoms with Crippen LogP contribution in [0.5, 0.6) is 5.75 Å². The normalized spacial score (nSPS) is 16.1. The van der Waals surface area contributed by atoms with Crippen LogP contribution in [0.2, 0.25) is 0 Å². The molecule has 1 aliphatic rings. The maximum atomic E-state index is 9.83. The molecule has 0 aromatic heterocycles. The van der Waals surface area contributed by atoms with Crippen LogP contribution in [0.3, 0.4) is 0 Å². The highest BCUT2D eigenvalue weighted by Gasteiger charge is 2.36. The van der Waals surface area contributed by atoms with Crippen LogP contribution in [0.25, 0.3) is 0 Å². The van der Waals surface area contributed by atoms with Gasteiger partial charge in [-0.1, -0.05) is 18.2 Å². The highest BCUT2D eigenvalue weighted by atomic mass is 79.9. The Morgan fingerprint density at radius 2 is 1.86 bits per heavy atom. The number of rotatable bonds is 2. The molecule has 0 spiro atoms. The first-order valence-corrected chi connectivity index (χ1v) is 7.74. The SMILES string of the molecule is N=C(N)NN1c2ccccc2C1c1cc(Br)c(O)c(Br)c1. The predicted octanol–water partition coefficient (Wildman–Crippen LogP) is 3.22. The van der Waals surface area contributed by atoms with E-state index < -0.39 is 0 Å². The number of halogens is 2. The summed E-state index contributed by atoms with van der Waals surface area (Å²) in [5.74, 6) is 0.0452. The summed E-state index contributed by atoms with van der Waals surface area (Å²) in [4.78, 5) is 0. The lowest BCUT2D eigenvalue weighted by Gasteiger charge is -2.44. The Morgan fingerprint density at radius 3 is 2.48 bits per heavy atom. The summed E-state index contributed by atoms with van der Waals surface area (Å²) in [6, 6.07) is 11.6. The zero-order valence-corrected chi connectivity index (χ0v) is 13.9. The van der Waals surface area contributed by atoms with Crippen molar-refractivity contribution in [2.24, 2.45) is 5.73 Å². The molecule has 7 heteroatoms. The van der Waals surface area contributed by atoms with Crippen LogP contribution in [0.1, 0.15) is 17.2 Å². The molecule has 5 N–H and O–H groups in total. The zero-order chi connectivity index (χ0) is 15.1. The highest BCUT2D eigenvalue weighted by Crippen LogP contribution is 2.47. The van der Waals surface area contributed by atoms with Gasteiger partial charge in [0.25, 0.3) is 0 Å². The lowest BCUT2D eigenvalue weighted by atomic mass is 9.89. The second kappa shape index (κ2) is 5.23.